The van der Waals surface area contributed by atoms with Crippen molar-refractivity contribution >= 4 is 15.9 Å². The Morgan fingerprint density at radius 2 is 2.25 bits per heavy atom. The molecule has 1 aromatic rings. The van der Waals surface area contributed by atoms with Crippen LogP contribution in [0.25, 0.3) is 0 Å². The molecule has 0 aliphatic heterocycles. The van der Waals surface area contributed by atoms with Gasteiger partial charge >= 0.3 is 0 Å². The van der Waals surface area contributed by atoms with Crippen LogP contribution in [0, 0.1) is 0 Å². The monoisotopic (exact) mass is 231 g/mol. The zero-order valence-corrected chi connectivity index (χ0v) is 8.98. The van der Waals surface area contributed by atoms with E-state index in [0.29, 0.717) is 12.5 Å². The summed E-state index contributed by atoms with van der Waals surface area (Å²) in [5.74, 6) is 0.477. The van der Waals surface area contributed by atoms with Gasteiger partial charge in [0.15, 0.2) is 0 Å². The highest BCUT2D eigenvalue weighted by Gasteiger charge is 2.12. The fourth-order valence-electron chi connectivity index (χ4n) is 1.22. The predicted molar refractivity (Wildman–Crippen MR) is 53.1 cm³/mol. The average Bonchev–Trinajstić information content (AvgIpc) is 2.34. The first-order valence-corrected chi connectivity index (χ1v) is 4.88. The molecular weight excluding hydrogens is 218 g/mol. The summed E-state index contributed by atoms with van der Waals surface area (Å²) in [7, 11) is 0. The van der Waals surface area contributed by atoms with Crippen molar-refractivity contribution in [1.82, 2.24) is 10.2 Å². The second-order valence-electron chi connectivity index (χ2n) is 3.10. The van der Waals surface area contributed by atoms with Crippen LogP contribution in [0.5, 0.6) is 0 Å². The van der Waals surface area contributed by atoms with Crippen LogP contribution in [0.2, 0.25) is 0 Å². The van der Waals surface area contributed by atoms with Gasteiger partial charge < -0.3 is 5.73 Å². The standard InChI is InChI=1S/C8H14BrN3/c1-5(2)7-6(3-4-10)8(9)12-11-7/h5H,3-4,10H2,1-2H3,(H,11,12). The third kappa shape index (κ3) is 1.87. The molecule has 1 heterocycles. The molecule has 0 atom stereocenters. The number of nitrogens with one attached hydrogen (secondary N) is 1. The number of rotatable bonds is 3. The van der Waals surface area contributed by atoms with E-state index in [2.05, 4.69) is 40.0 Å². The maximum absolute atomic E-state index is 5.50. The first-order chi connectivity index (χ1) is 5.66. The minimum absolute atomic E-state index is 0.477. The van der Waals surface area contributed by atoms with Gasteiger partial charge in [-0.2, -0.15) is 5.10 Å². The molecule has 0 aliphatic carbocycles. The zero-order valence-electron chi connectivity index (χ0n) is 7.39. The topological polar surface area (TPSA) is 54.7 Å². The SMILES string of the molecule is CC(C)c1[nH]nc(Br)c1CCN. The van der Waals surface area contributed by atoms with E-state index in [1.807, 2.05) is 0 Å². The van der Waals surface area contributed by atoms with Crippen LogP contribution in [-0.2, 0) is 6.42 Å². The summed E-state index contributed by atoms with van der Waals surface area (Å²) in [5, 5.41) is 7.10. The lowest BCUT2D eigenvalue weighted by atomic mass is 10.0. The molecule has 0 spiro atoms. The van der Waals surface area contributed by atoms with Gasteiger partial charge in [0.05, 0.1) is 0 Å². The molecule has 0 amide bonds. The van der Waals surface area contributed by atoms with Gasteiger partial charge in [-0.25, -0.2) is 0 Å². The summed E-state index contributed by atoms with van der Waals surface area (Å²) >= 11 is 3.39. The lowest BCUT2D eigenvalue weighted by Crippen LogP contribution is -2.05. The van der Waals surface area contributed by atoms with Crippen molar-refractivity contribution in [2.45, 2.75) is 26.2 Å². The molecule has 0 saturated carbocycles. The summed E-state index contributed by atoms with van der Waals surface area (Å²) in [6, 6.07) is 0. The Morgan fingerprint density at radius 1 is 1.58 bits per heavy atom. The van der Waals surface area contributed by atoms with Crippen molar-refractivity contribution in [3.8, 4) is 0 Å². The molecule has 4 heteroatoms. The predicted octanol–water partition coefficient (Wildman–Crippen LogP) is 1.80. The van der Waals surface area contributed by atoms with E-state index < -0.39 is 0 Å². The number of hydrogen-bond donors (Lipinski definition) is 2. The number of nitrogens with two attached hydrogens (primary N) is 1. The molecule has 68 valence electrons. The molecular formula is C8H14BrN3. The van der Waals surface area contributed by atoms with E-state index >= 15 is 0 Å². The Hall–Kier alpha value is -0.350. The van der Waals surface area contributed by atoms with E-state index in [4.69, 9.17) is 5.73 Å². The molecule has 0 bridgehead atoms. The molecule has 0 unspecified atom stereocenters. The average molecular weight is 232 g/mol. The lowest BCUT2D eigenvalue weighted by molar-refractivity contribution is 0.791. The van der Waals surface area contributed by atoms with Gasteiger partial charge in [0, 0.05) is 11.3 Å². The minimum Gasteiger partial charge on any atom is -0.330 e. The molecule has 3 nitrogen and oxygen atoms in total. The Morgan fingerprint density at radius 3 is 2.75 bits per heavy atom. The Bertz CT molecular complexity index is 255. The van der Waals surface area contributed by atoms with Gasteiger partial charge in [-0.15, -0.1) is 0 Å². The summed E-state index contributed by atoms with van der Waals surface area (Å²) < 4.78 is 0.900. The molecule has 1 aromatic heterocycles. The third-order valence-corrected chi connectivity index (χ3v) is 2.48. The number of hydrogen-bond acceptors (Lipinski definition) is 2. The van der Waals surface area contributed by atoms with E-state index in [0.717, 1.165) is 11.0 Å². The van der Waals surface area contributed by atoms with Gasteiger partial charge in [0.1, 0.15) is 4.60 Å². The number of nitrogens with zero attached hydrogens (tertiary/aromatic N) is 1. The fraction of sp³-hybridized carbons (Fsp3) is 0.625. The minimum atomic E-state index is 0.477. The van der Waals surface area contributed by atoms with Gasteiger partial charge in [-0.3, -0.25) is 5.10 Å². The van der Waals surface area contributed by atoms with E-state index in [1.165, 1.54) is 11.3 Å². The van der Waals surface area contributed by atoms with Gasteiger partial charge in [0.25, 0.3) is 0 Å². The summed E-state index contributed by atoms with van der Waals surface area (Å²) in [6.45, 7) is 4.94. The highest BCUT2D eigenvalue weighted by molar-refractivity contribution is 9.10. The first-order valence-electron chi connectivity index (χ1n) is 4.09. The molecule has 0 aromatic carbocycles. The van der Waals surface area contributed by atoms with Crippen LogP contribution in [0.4, 0.5) is 0 Å². The van der Waals surface area contributed by atoms with Crippen LogP contribution in [0.15, 0.2) is 4.60 Å². The van der Waals surface area contributed by atoms with Gasteiger partial charge in [-0.1, -0.05) is 13.8 Å². The third-order valence-electron chi connectivity index (χ3n) is 1.82. The zero-order chi connectivity index (χ0) is 9.14. The molecule has 0 radical (unpaired) electrons. The quantitative estimate of drug-likeness (QED) is 0.834. The van der Waals surface area contributed by atoms with Crippen LogP contribution in [-0.4, -0.2) is 16.7 Å². The second-order valence-corrected chi connectivity index (χ2v) is 3.85. The first kappa shape index (κ1) is 9.74. The number of aromatic nitrogens is 2. The number of halogens is 1. The molecule has 0 fully saturated rings. The van der Waals surface area contributed by atoms with Gasteiger partial charge in [-0.05, 0) is 34.8 Å². The molecule has 12 heavy (non-hydrogen) atoms. The van der Waals surface area contributed by atoms with E-state index in [-0.39, 0.29) is 0 Å². The maximum atomic E-state index is 5.50. The molecule has 3 N–H and O–H groups in total. The highest BCUT2D eigenvalue weighted by Crippen LogP contribution is 2.23. The van der Waals surface area contributed by atoms with Crippen molar-refractivity contribution in [3.63, 3.8) is 0 Å². The normalized spacial score (nSPS) is 11.1. The Labute approximate surface area is 80.9 Å². The maximum Gasteiger partial charge on any atom is 0.131 e. The van der Waals surface area contributed by atoms with Crippen molar-refractivity contribution in [2.75, 3.05) is 6.54 Å². The second kappa shape index (κ2) is 4.05. The Balaban J connectivity index is 2.95. The lowest BCUT2D eigenvalue weighted by Gasteiger charge is -2.04. The van der Waals surface area contributed by atoms with Crippen molar-refractivity contribution in [2.24, 2.45) is 5.73 Å². The van der Waals surface area contributed by atoms with Crippen molar-refractivity contribution < 1.29 is 0 Å². The largest absolute Gasteiger partial charge is 0.330 e. The summed E-state index contributed by atoms with van der Waals surface area (Å²) in [5.41, 5.74) is 7.90. The van der Waals surface area contributed by atoms with Crippen molar-refractivity contribution in [1.29, 1.82) is 0 Å². The molecule has 0 saturated heterocycles. The van der Waals surface area contributed by atoms with Crippen LogP contribution in [0.1, 0.15) is 31.0 Å². The van der Waals surface area contributed by atoms with E-state index in [9.17, 15) is 0 Å². The Kier molecular flexibility index (Phi) is 3.29. The number of H-pyrrole nitrogens is 1. The van der Waals surface area contributed by atoms with Crippen LogP contribution >= 0.6 is 15.9 Å². The van der Waals surface area contributed by atoms with Crippen LogP contribution in [0.3, 0.4) is 0 Å². The smallest absolute Gasteiger partial charge is 0.131 e. The summed E-state index contributed by atoms with van der Waals surface area (Å²) in [6.07, 6.45) is 0.880. The van der Waals surface area contributed by atoms with Crippen LogP contribution < -0.4 is 5.73 Å². The highest BCUT2D eigenvalue weighted by atomic mass is 79.9. The number of aromatic amines is 1. The summed E-state index contributed by atoms with van der Waals surface area (Å²) in [4.78, 5) is 0. The van der Waals surface area contributed by atoms with E-state index in [1.54, 1.807) is 0 Å². The molecule has 0 aliphatic rings. The van der Waals surface area contributed by atoms with Crippen molar-refractivity contribution in [3.05, 3.63) is 15.9 Å². The fourth-order valence-corrected chi connectivity index (χ4v) is 1.72. The van der Waals surface area contributed by atoms with Gasteiger partial charge in [0.2, 0.25) is 0 Å². The molecule has 1 rings (SSSR count).